The normalized spacial score (nSPS) is 17.6. The van der Waals surface area contributed by atoms with E-state index in [4.69, 9.17) is 5.26 Å². The molecule has 0 aliphatic carbocycles. The molecule has 2 heterocycles. The molecule has 0 atom stereocenters. The molecule has 0 unspecified atom stereocenters. The Morgan fingerprint density at radius 1 is 1.40 bits per heavy atom. The van der Waals surface area contributed by atoms with Crippen LogP contribution in [0.1, 0.15) is 25.5 Å². The molecular formula is C12H17N5O2S. The van der Waals surface area contributed by atoms with Crippen LogP contribution in [0.3, 0.4) is 0 Å². The zero-order valence-electron chi connectivity index (χ0n) is 11.3. The highest BCUT2D eigenvalue weighted by Gasteiger charge is 2.26. The molecule has 1 aliphatic rings. The highest BCUT2D eigenvalue weighted by atomic mass is 32.2. The van der Waals surface area contributed by atoms with Crippen LogP contribution in [0.15, 0.2) is 12.1 Å². The van der Waals surface area contributed by atoms with Gasteiger partial charge in [-0.1, -0.05) is 0 Å². The van der Waals surface area contributed by atoms with Gasteiger partial charge in [0, 0.05) is 19.1 Å². The second-order valence-electron chi connectivity index (χ2n) is 4.63. The summed E-state index contributed by atoms with van der Waals surface area (Å²) in [7, 11) is -3.08. The molecule has 1 fully saturated rings. The van der Waals surface area contributed by atoms with Crippen molar-refractivity contribution in [3.8, 4) is 6.07 Å². The van der Waals surface area contributed by atoms with E-state index in [2.05, 4.69) is 15.5 Å². The molecule has 108 valence electrons. The summed E-state index contributed by atoms with van der Waals surface area (Å²) in [6.45, 7) is 2.71. The zero-order valence-corrected chi connectivity index (χ0v) is 12.1. The minimum absolute atomic E-state index is 0.145. The number of nitrogens with one attached hydrogen (secondary N) is 1. The lowest BCUT2D eigenvalue weighted by Crippen LogP contribution is -2.43. The van der Waals surface area contributed by atoms with Gasteiger partial charge < -0.3 is 5.32 Å². The van der Waals surface area contributed by atoms with Crippen molar-refractivity contribution in [1.29, 1.82) is 5.26 Å². The highest BCUT2D eigenvalue weighted by molar-refractivity contribution is 7.89. The minimum Gasteiger partial charge on any atom is -0.366 e. The molecule has 0 amide bonds. The SMILES string of the molecule is CCS(=O)(=O)N1CCC(Nc2ccc(C#N)nn2)CC1. The maximum absolute atomic E-state index is 11.7. The van der Waals surface area contributed by atoms with Crippen molar-refractivity contribution >= 4 is 15.8 Å². The molecule has 0 saturated carbocycles. The van der Waals surface area contributed by atoms with Crippen LogP contribution in [-0.2, 0) is 10.0 Å². The molecule has 0 bridgehead atoms. The first kappa shape index (κ1) is 14.7. The van der Waals surface area contributed by atoms with Gasteiger partial charge >= 0.3 is 0 Å². The van der Waals surface area contributed by atoms with E-state index >= 15 is 0 Å². The molecule has 0 aromatic carbocycles. The summed E-state index contributed by atoms with van der Waals surface area (Å²) in [6, 6.07) is 5.41. The van der Waals surface area contributed by atoms with Crippen molar-refractivity contribution in [2.75, 3.05) is 24.2 Å². The van der Waals surface area contributed by atoms with Crippen LogP contribution in [0, 0.1) is 11.3 Å². The Kier molecular flexibility index (Phi) is 4.52. The summed E-state index contributed by atoms with van der Waals surface area (Å²) >= 11 is 0. The number of hydrogen-bond donors (Lipinski definition) is 1. The van der Waals surface area contributed by atoms with Crippen molar-refractivity contribution < 1.29 is 8.42 Å². The standard InChI is InChI=1S/C12H17N5O2S/c1-2-20(18,19)17-7-5-10(6-8-17)14-12-4-3-11(9-13)15-16-12/h3-4,10H,2,5-8H2,1H3,(H,14,16). The largest absolute Gasteiger partial charge is 0.366 e. The average Bonchev–Trinajstić information content (AvgIpc) is 2.48. The minimum atomic E-state index is -3.08. The van der Waals surface area contributed by atoms with Crippen LogP contribution >= 0.6 is 0 Å². The van der Waals surface area contributed by atoms with Gasteiger partial charge in [0.15, 0.2) is 5.69 Å². The van der Waals surface area contributed by atoms with Gasteiger partial charge in [0.1, 0.15) is 11.9 Å². The van der Waals surface area contributed by atoms with Gasteiger partial charge in [-0.25, -0.2) is 12.7 Å². The average molecular weight is 295 g/mol. The van der Waals surface area contributed by atoms with E-state index in [9.17, 15) is 8.42 Å². The van der Waals surface area contributed by atoms with Crippen molar-refractivity contribution in [3.63, 3.8) is 0 Å². The molecule has 7 nitrogen and oxygen atoms in total. The van der Waals surface area contributed by atoms with Gasteiger partial charge in [0.05, 0.1) is 5.75 Å². The predicted octanol–water partition coefficient (Wildman–Crippen LogP) is 0.574. The van der Waals surface area contributed by atoms with Gasteiger partial charge in [-0.05, 0) is 31.9 Å². The lowest BCUT2D eigenvalue weighted by molar-refractivity contribution is 0.330. The predicted molar refractivity (Wildman–Crippen MR) is 74.4 cm³/mol. The van der Waals surface area contributed by atoms with Crippen LogP contribution in [0.25, 0.3) is 0 Å². The van der Waals surface area contributed by atoms with Crippen molar-refractivity contribution in [3.05, 3.63) is 17.8 Å². The fourth-order valence-electron chi connectivity index (χ4n) is 2.14. The summed E-state index contributed by atoms with van der Waals surface area (Å²) in [4.78, 5) is 0. The topological polar surface area (TPSA) is 99.0 Å². The van der Waals surface area contributed by atoms with Crippen LogP contribution < -0.4 is 5.32 Å². The Bertz CT molecular complexity index is 585. The number of rotatable bonds is 4. The van der Waals surface area contributed by atoms with Gasteiger partial charge in [-0.3, -0.25) is 0 Å². The first-order valence-electron chi connectivity index (χ1n) is 6.53. The fraction of sp³-hybridized carbons (Fsp3) is 0.583. The van der Waals surface area contributed by atoms with Crippen molar-refractivity contribution in [1.82, 2.24) is 14.5 Å². The van der Waals surface area contributed by atoms with E-state index < -0.39 is 10.0 Å². The lowest BCUT2D eigenvalue weighted by atomic mass is 10.1. The third-order valence-electron chi connectivity index (χ3n) is 3.34. The van der Waals surface area contributed by atoms with E-state index in [1.165, 1.54) is 4.31 Å². The molecule has 20 heavy (non-hydrogen) atoms. The monoisotopic (exact) mass is 295 g/mol. The van der Waals surface area contributed by atoms with Crippen LogP contribution in [0.5, 0.6) is 0 Å². The first-order chi connectivity index (χ1) is 9.55. The second kappa shape index (κ2) is 6.15. The Morgan fingerprint density at radius 3 is 2.60 bits per heavy atom. The van der Waals surface area contributed by atoms with Gasteiger partial charge in [0.2, 0.25) is 10.0 Å². The summed E-state index contributed by atoms with van der Waals surface area (Å²) in [5, 5.41) is 19.5. The Balaban J connectivity index is 1.90. The maximum Gasteiger partial charge on any atom is 0.213 e. The zero-order chi connectivity index (χ0) is 14.6. The molecule has 0 radical (unpaired) electrons. The molecule has 1 aliphatic heterocycles. The van der Waals surface area contributed by atoms with Gasteiger partial charge in [0.25, 0.3) is 0 Å². The van der Waals surface area contributed by atoms with Crippen LogP contribution in [0.2, 0.25) is 0 Å². The van der Waals surface area contributed by atoms with E-state index in [0.29, 0.717) is 18.9 Å². The number of aromatic nitrogens is 2. The molecule has 1 aromatic rings. The molecule has 1 saturated heterocycles. The number of piperidine rings is 1. The maximum atomic E-state index is 11.7. The molecular weight excluding hydrogens is 278 g/mol. The van der Waals surface area contributed by atoms with Crippen LogP contribution in [0.4, 0.5) is 5.82 Å². The number of hydrogen-bond acceptors (Lipinski definition) is 6. The van der Waals surface area contributed by atoms with E-state index in [1.54, 1.807) is 19.1 Å². The molecule has 0 spiro atoms. The van der Waals surface area contributed by atoms with Gasteiger partial charge in [-0.2, -0.15) is 5.26 Å². The second-order valence-corrected chi connectivity index (χ2v) is 6.89. The van der Waals surface area contributed by atoms with E-state index in [0.717, 1.165) is 12.8 Å². The number of nitrogens with zero attached hydrogens (tertiary/aromatic N) is 4. The Morgan fingerprint density at radius 2 is 2.10 bits per heavy atom. The quantitative estimate of drug-likeness (QED) is 0.872. The van der Waals surface area contributed by atoms with Gasteiger partial charge in [-0.15, -0.1) is 10.2 Å². The van der Waals surface area contributed by atoms with Crippen LogP contribution in [-0.4, -0.2) is 47.8 Å². The third-order valence-corrected chi connectivity index (χ3v) is 5.22. The van der Waals surface area contributed by atoms with Crippen molar-refractivity contribution in [2.45, 2.75) is 25.8 Å². The summed E-state index contributed by atoms with van der Waals surface area (Å²) in [6.07, 6.45) is 1.47. The number of anilines is 1. The third kappa shape index (κ3) is 3.43. The summed E-state index contributed by atoms with van der Waals surface area (Å²) in [5.74, 6) is 0.757. The number of sulfonamides is 1. The first-order valence-corrected chi connectivity index (χ1v) is 8.14. The summed E-state index contributed by atoms with van der Waals surface area (Å²) < 4.78 is 25.0. The Hall–Kier alpha value is -1.72. The van der Waals surface area contributed by atoms with Crippen molar-refractivity contribution in [2.24, 2.45) is 0 Å². The van der Waals surface area contributed by atoms with E-state index in [-0.39, 0.29) is 17.5 Å². The fourth-order valence-corrected chi connectivity index (χ4v) is 3.27. The number of nitriles is 1. The molecule has 2 rings (SSSR count). The molecule has 1 aromatic heterocycles. The van der Waals surface area contributed by atoms with E-state index in [1.807, 2.05) is 6.07 Å². The summed E-state index contributed by atoms with van der Waals surface area (Å²) in [5.41, 5.74) is 0.277. The molecule has 8 heteroatoms. The smallest absolute Gasteiger partial charge is 0.213 e. The molecule has 1 N–H and O–H groups in total. The highest BCUT2D eigenvalue weighted by Crippen LogP contribution is 2.17. The lowest BCUT2D eigenvalue weighted by Gasteiger charge is -2.31. The Labute approximate surface area is 118 Å².